The standard InChI is InChI=1S/C17H16N2O/c1-2-4-15-12(3-1)5-9-16(19-15)17-10-8-14(20-17)11-18-13-6-7-13/h1-5,8-10,13,18H,6-7,11H2. The van der Waals surface area contributed by atoms with Gasteiger partial charge in [0.2, 0.25) is 0 Å². The summed E-state index contributed by atoms with van der Waals surface area (Å²) in [7, 11) is 0. The maximum Gasteiger partial charge on any atom is 0.152 e. The third-order valence-corrected chi connectivity index (χ3v) is 3.65. The number of furan rings is 1. The Morgan fingerprint density at radius 2 is 1.95 bits per heavy atom. The number of nitrogens with zero attached hydrogens (tertiary/aromatic N) is 1. The van der Waals surface area contributed by atoms with Crippen LogP contribution in [0.2, 0.25) is 0 Å². The summed E-state index contributed by atoms with van der Waals surface area (Å²) < 4.78 is 5.87. The molecule has 1 aromatic carbocycles. The van der Waals surface area contributed by atoms with Gasteiger partial charge < -0.3 is 9.73 Å². The van der Waals surface area contributed by atoms with E-state index >= 15 is 0 Å². The van der Waals surface area contributed by atoms with Gasteiger partial charge in [0.05, 0.1) is 12.1 Å². The second kappa shape index (κ2) is 4.76. The van der Waals surface area contributed by atoms with Gasteiger partial charge in [0.25, 0.3) is 0 Å². The molecule has 0 bridgehead atoms. The predicted octanol–water partition coefficient (Wildman–Crippen LogP) is 3.75. The van der Waals surface area contributed by atoms with Crippen LogP contribution in [0.5, 0.6) is 0 Å². The Labute approximate surface area is 117 Å². The predicted molar refractivity (Wildman–Crippen MR) is 79.3 cm³/mol. The SMILES string of the molecule is c1ccc2nc(-c3ccc(CNC4CC4)o3)ccc2c1. The molecule has 0 amide bonds. The van der Waals surface area contributed by atoms with E-state index in [4.69, 9.17) is 4.42 Å². The van der Waals surface area contributed by atoms with Gasteiger partial charge in [0.15, 0.2) is 5.76 Å². The van der Waals surface area contributed by atoms with Crippen molar-refractivity contribution in [2.24, 2.45) is 0 Å². The van der Waals surface area contributed by atoms with Crippen molar-refractivity contribution in [2.75, 3.05) is 0 Å². The summed E-state index contributed by atoms with van der Waals surface area (Å²) >= 11 is 0. The molecule has 0 unspecified atom stereocenters. The van der Waals surface area contributed by atoms with E-state index in [2.05, 4.69) is 22.4 Å². The molecule has 3 aromatic rings. The first-order valence-electron chi connectivity index (χ1n) is 7.07. The highest BCUT2D eigenvalue weighted by Crippen LogP contribution is 2.24. The van der Waals surface area contributed by atoms with E-state index in [1.54, 1.807) is 0 Å². The van der Waals surface area contributed by atoms with E-state index in [9.17, 15) is 0 Å². The third-order valence-electron chi connectivity index (χ3n) is 3.65. The van der Waals surface area contributed by atoms with Gasteiger partial charge >= 0.3 is 0 Å². The smallest absolute Gasteiger partial charge is 0.152 e. The second-order valence-corrected chi connectivity index (χ2v) is 5.31. The largest absolute Gasteiger partial charge is 0.458 e. The minimum atomic E-state index is 0.697. The van der Waals surface area contributed by atoms with E-state index in [1.807, 2.05) is 36.4 Å². The number of hydrogen-bond donors (Lipinski definition) is 1. The van der Waals surface area contributed by atoms with E-state index in [-0.39, 0.29) is 0 Å². The van der Waals surface area contributed by atoms with Crippen molar-refractivity contribution in [3.8, 4) is 11.5 Å². The normalized spacial score (nSPS) is 14.8. The number of fused-ring (bicyclic) bond motifs is 1. The van der Waals surface area contributed by atoms with Gasteiger partial charge in [-0.05, 0) is 37.1 Å². The van der Waals surface area contributed by atoms with Crippen LogP contribution in [0.4, 0.5) is 0 Å². The van der Waals surface area contributed by atoms with E-state index < -0.39 is 0 Å². The lowest BCUT2D eigenvalue weighted by Gasteiger charge is -2.01. The number of hydrogen-bond acceptors (Lipinski definition) is 3. The first kappa shape index (κ1) is 11.7. The molecule has 100 valence electrons. The molecule has 4 rings (SSSR count). The molecule has 2 heterocycles. The van der Waals surface area contributed by atoms with Crippen LogP contribution in [-0.2, 0) is 6.54 Å². The van der Waals surface area contributed by atoms with Crippen molar-refractivity contribution in [1.29, 1.82) is 0 Å². The lowest BCUT2D eigenvalue weighted by molar-refractivity contribution is 0.491. The molecule has 1 N–H and O–H groups in total. The number of nitrogens with one attached hydrogen (secondary N) is 1. The molecule has 1 aliphatic rings. The average molecular weight is 264 g/mol. The molecule has 0 atom stereocenters. The minimum Gasteiger partial charge on any atom is -0.458 e. The van der Waals surface area contributed by atoms with Gasteiger partial charge in [-0.15, -0.1) is 0 Å². The van der Waals surface area contributed by atoms with Crippen molar-refractivity contribution >= 4 is 10.9 Å². The van der Waals surface area contributed by atoms with Gasteiger partial charge in [0.1, 0.15) is 11.5 Å². The molecule has 1 aliphatic carbocycles. The van der Waals surface area contributed by atoms with Crippen LogP contribution in [0.15, 0.2) is 52.9 Å². The zero-order valence-corrected chi connectivity index (χ0v) is 11.2. The average Bonchev–Trinajstić information content (AvgIpc) is 3.21. The zero-order valence-electron chi connectivity index (χ0n) is 11.2. The van der Waals surface area contributed by atoms with Crippen LogP contribution in [0.1, 0.15) is 18.6 Å². The maximum absolute atomic E-state index is 5.87. The topological polar surface area (TPSA) is 38.1 Å². The van der Waals surface area contributed by atoms with Crippen LogP contribution in [0.3, 0.4) is 0 Å². The molecule has 20 heavy (non-hydrogen) atoms. The van der Waals surface area contributed by atoms with Crippen LogP contribution in [-0.4, -0.2) is 11.0 Å². The molecular weight excluding hydrogens is 248 g/mol. The molecule has 2 aromatic heterocycles. The Morgan fingerprint density at radius 1 is 1.05 bits per heavy atom. The number of benzene rings is 1. The molecule has 0 saturated heterocycles. The zero-order chi connectivity index (χ0) is 13.4. The molecular formula is C17H16N2O. The van der Waals surface area contributed by atoms with Crippen LogP contribution in [0.25, 0.3) is 22.4 Å². The van der Waals surface area contributed by atoms with Gasteiger partial charge in [0, 0.05) is 11.4 Å². The summed E-state index contributed by atoms with van der Waals surface area (Å²) in [5.41, 5.74) is 1.89. The van der Waals surface area contributed by atoms with Crippen molar-refractivity contribution in [3.63, 3.8) is 0 Å². The first-order valence-corrected chi connectivity index (χ1v) is 7.07. The fraction of sp³-hybridized carbons (Fsp3) is 0.235. The summed E-state index contributed by atoms with van der Waals surface area (Å²) in [5.74, 6) is 1.81. The second-order valence-electron chi connectivity index (χ2n) is 5.31. The maximum atomic E-state index is 5.87. The minimum absolute atomic E-state index is 0.697. The fourth-order valence-electron chi connectivity index (χ4n) is 2.35. The van der Waals surface area contributed by atoms with Gasteiger partial charge in [-0.2, -0.15) is 0 Å². The Balaban J connectivity index is 1.60. The fourth-order valence-corrected chi connectivity index (χ4v) is 2.35. The van der Waals surface area contributed by atoms with Gasteiger partial charge in [-0.25, -0.2) is 4.98 Å². The molecule has 3 nitrogen and oxygen atoms in total. The van der Waals surface area contributed by atoms with E-state index in [1.165, 1.54) is 12.8 Å². The Kier molecular flexibility index (Phi) is 2.78. The number of pyridine rings is 1. The Bertz CT molecular complexity index is 743. The van der Waals surface area contributed by atoms with Crippen molar-refractivity contribution < 1.29 is 4.42 Å². The molecule has 3 heteroatoms. The number of para-hydroxylation sites is 1. The first-order chi connectivity index (χ1) is 9.88. The summed E-state index contributed by atoms with van der Waals surface area (Å²) in [5, 5.41) is 4.60. The molecule has 1 saturated carbocycles. The highest BCUT2D eigenvalue weighted by atomic mass is 16.3. The lowest BCUT2D eigenvalue weighted by Crippen LogP contribution is -2.14. The van der Waals surface area contributed by atoms with Crippen LogP contribution < -0.4 is 5.32 Å². The summed E-state index contributed by atoms with van der Waals surface area (Å²) in [6, 6.07) is 17.0. The van der Waals surface area contributed by atoms with Crippen LogP contribution >= 0.6 is 0 Å². The van der Waals surface area contributed by atoms with Crippen molar-refractivity contribution in [1.82, 2.24) is 10.3 Å². The summed E-state index contributed by atoms with van der Waals surface area (Å²) in [4.78, 5) is 4.65. The van der Waals surface area contributed by atoms with Gasteiger partial charge in [-0.3, -0.25) is 0 Å². The van der Waals surface area contributed by atoms with Gasteiger partial charge in [-0.1, -0.05) is 24.3 Å². The number of aromatic nitrogens is 1. The summed E-state index contributed by atoms with van der Waals surface area (Å²) in [6.07, 6.45) is 2.58. The van der Waals surface area contributed by atoms with Crippen molar-refractivity contribution in [2.45, 2.75) is 25.4 Å². The molecule has 0 spiro atoms. The highest BCUT2D eigenvalue weighted by Gasteiger charge is 2.20. The third kappa shape index (κ3) is 2.32. The van der Waals surface area contributed by atoms with Crippen LogP contribution in [0, 0.1) is 0 Å². The lowest BCUT2D eigenvalue weighted by atomic mass is 10.2. The Morgan fingerprint density at radius 3 is 2.85 bits per heavy atom. The highest BCUT2D eigenvalue weighted by molar-refractivity contribution is 5.80. The van der Waals surface area contributed by atoms with E-state index in [0.717, 1.165) is 34.7 Å². The molecule has 1 fully saturated rings. The van der Waals surface area contributed by atoms with Crippen molar-refractivity contribution in [3.05, 3.63) is 54.3 Å². The number of rotatable bonds is 4. The molecule has 0 aliphatic heterocycles. The quantitative estimate of drug-likeness (QED) is 0.780. The Hall–Kier alpha value is -2.13. The van der Waals surface area contributed by atoms with E-state index in [0.29, 0.717) is 6.04 Å². The summed E-state index contributed by atoms with van der Waals surface area (Å²) in [6.45, 7) is 0.804. The monoisotopic (exact) mass is 264 g/mol. The molecule has 0 radical (unpaired) electrons.